The molecule has 0 N–H and O–H groups in total. The zero-order valence-corrected chi connectivity index (χ0v) is 15.3. The Hall–Kier alpha value is -2.08. The van der Waals surface area contributed by atoms with Gasteiger partial charge in [0, 0.05) is 35.8 Å². The van der Waals surface area contributed by atoms with Crippen LogP contribution in [0, 0.1) is 0 Å². The van der Waals surface area contributed by atoms with Crippen molar-refractivity contribution in [3.05, 3.63) is 64.7 Å². The van der Waals surface area contributed by atoms with E-state index in [2.05, 4.69) is 0 Å². The third-order valence-electron chi connectivity index (χ3n) is 5.03. The Balaban J connectivity index is 2.24. The van der Waals surface area contributed by atoms with E-state index in [9.17, 15) is 8.78 Å². The molecule has 27 heavy (non-hydrogen) atoms. The molecule has 2 aromatic rings. The molecule has 0 radical (unpaired) electrons. The fraction of sp³-hybridized carbons (Fsp3) is 0.429. The van der Waals surface area contributed by atoms with Crippen LogP contribution in [0.5, 0.6) is 5.75 Å². The average molecular weight is 382 g/mol. The van der Waals surface area contributed by atoms with Gasteiger partial charge >= 0.3 is 11.8 Å². The molecule has 2 nitrogen and oxygen atoms in total. The van der Waals surface area contributed by atoms with Crippen LogP contribution in [0.1, 0.15) is 47.9 Å². The highest BCUT2D eigenvalue weighted by atomic mass is 19.3. The van der Waals surface area contributed by atoms with E-state index in [0.29, 0.717) is 26.1 Å². The molecule has 146 valence electrons. The standard InChI is InChI=1S/C21H22F4O2/c1-3-27-13-7-9-15-14-8-4-5-10-16(14)20(22,23)21(24,25)17-11-6-12-18(26-2)19(15)17/h4-6,8,10-12,15H,3,7,9,13H2,1-2H3. The third kappa shape index (κ3) is 3.20. The molecule has 0 bridgehead atoms. The molecule has 0 aromatic heterocycles. The number of rotatable bonds is 6. The molecule has 1 aliphatic rings. The van der Waals surface area contributed by atoms with Crippen LogP contribution in [-0.4, -0.2) is 20.3 Å². The largest absolute Gasteiger partial charge is 0.496 e. The first-order chi connectivity index (χ1) is 12.9. The SMILES string of the molecule is CCOCCCC1c2ccccc2C(F)(F)C(F)(F)c2cccc(OC)c21. The van der Waals surface area contributed by atoms with Crippen molar-refractivity contribution >= 4 is 0 Å². The summed E-state index contributed by atoms with van der Waals surface area (Å²) in [5.74, 6) is -9.10. The highest BCUT2D eigenvalue weighted by Gasteiger charge is 2.62. The van der Waals surface area contributed by atoms with Crippen LogP contribution in [0.3, 0.4) is 0 Å². The van der Waals surface area contributed by atoms with Crippen molar-refractivity contribution in [2.75, 3.05) is 20.3 Å². The van der Waals surface area contributed by atoms with Gasteiger partial charge in [0.2, 0.25) is 0 Å². The van der Waals surface area contributed by atoms with Crippen LogP contribution in [0.4, 0.5) is 17.6 Å². The summed E-state index contributed by atoms with van der Waals surface area (Å²) >= 11 is 0. The van der Waals surface area contributed by atoms with E-state index in [1.807, 2.05) is 6.92 Å². The minimum atomic E-state index is -4.35. The lowest BCUT2D eigenvalue weighted by atomic mass is 9.84. The van der Waals surface area contributed by atoms with Gasteiger partial charge in [-0.2, -0.15) is 17.6 Å². The quantitative estimate of drug-likeness (QED) is 0.461. The first-order valence-corrected chi connectivity index (χ1v) is 8.96. The number of methoxy groups -OCH3 is 1. The highest BCUT2D eigenvalue weighted by molar-refractivity contribution is 5.55. The normalized spacial score (nSPS) is 19.7. The summed E-state index contributed by atoms with van der Waals surface area (Å²) in [6.07, 6.45) is 0.956. The summed E-state index contributed by atoms with van der Waals surface area (Å²) < 4.78 is 70.6. The number of hydrogen-bond acceptors (Lipinski definition) is 2. The predicted molar refractivity (Wildman–Crippen MR) is 94.8 cm³/mol. The molecule has 1 unspecified atom stereocenters. The van der Waals surface area contributed by atoms with Crippen molar-refractivity contribution < 1.29 is 27.0 Å². The number of fused-ring (bicyclic) bond motifs is 2. The first-order valence-electron chi connectivity index (χ1n) is 8.96. The Labute approximate surface area is 156 Å². The summed E-state index contributed by atoms with van der Waals surface area (Å²) in [5.41, 5.74) is -0.966. The van der Waals surface area contributed by atoms with Gasteiger partial charge in [0.05, 0.1) is 7.11 Å². The fourth-order valence-corrected chi connectivity index (χ4v) is 3.77. The third-order valence-corrected chi connectivity index (χ3v) is 5.03. The van der Waals surface area contributed by atoms with Crippen molar-refractivity contribution in [2.24, 2.45) is 0 Å². The molecule has 0 amide bonds. The number of halogens is 4. The highest BCUT2D eigenvalue weighted by Crippen LogP contribution is 2.58. The van der Waals surface area contributed by atoms with Gasteiger partial charge in [-0.25, -0.2) is 0 Å². The number of alkyl halides is 4. The van der Waals surface area contributed by atoms with E-state index >= 15 is 8.78 Å². The lowest BCUT2D eigenvalue weighted by molar-refractivity contribution is -0.223. The lowest BCUT2D eigenvalue weighted by Crippen LogP contribution is -2.35. The molecular weight excluding hydrogens is 360 g/mol. The van der Waals surface area contributed by atoms with Crippen molar-refractivity contribution in [1.82, 2.24) is 0 Å². The summed E-state index contributed by atoms with van der Waals surface area (Å²) in [5, 5.41) is 0. The summed E-state index contributed by atoms with van der Waals surface area (Å²) in [4.78, 5) is 0. The maximum atomic E-state index is 15.0. The molecule has 0 spiro atoms. The first kappa shape index (κ1) is 19.7. The second kappa shape index (κ2) is 7.50. The van der Waals surface area contributed by atoms with Gasteiger partial charge in [-0.15, -0.1) is 0 Å². The van der Waals surface area contributed by atoms with Gasteiger partial charge < -0.3 is 9.47 Å². The maximum absolute atomic E-state index is 15.0. The van der Waals surface area contributed by atoms with Crippen LogP contribution in [0.15, 0.2) is 42.5 Å². The van der Waals surface area contributed by atoms with Crippen LogP contribution in [0.25, 0.3) is 0 Å². The maximum Gasteiger partial charge on any atom is 0.340 e. The van der Waals surface area contributed by atoms with Gasteiger partial charge in [-0.1, -0.05) is 36.4 Å². The van der Waals surface area contributed by atoms with Crippen LogP contribution >= 0.6 is 0 Å². The molecule has 0 saturated heterocycles. The lowest BCUT2D eigenvalue weighted by Gasteiger charge is -2.27. The van der Waals surface area contributed by atoms with Crippen LogP contribution in [-0.2, 0) is 16.6 Å². The Morgan fingerprint density at radius 3 is 2.30 bits per heavy atom. The van der Waals surface area contributed by atoms with E-state index in [1.165, 1.54) is 31.4 Å². The van der Waals surface area contributed by atoms with Crippen LogP contribution in [0.2, 0.25) is 0 Å². The van der Waals surface area contributed by atoms with Gasteiger partial charge in [0.25, 0.3) is 0 Å². The molecule has 0 aliphatic heterocycles. The molecule has 2 aromatic carbocycles. The number of ether oxygens (including phenoxy) is 2. The Morgan fingerprint density at radius 1 is 0.926 bits per heavy atom. The molecule has 3 rings (SSSR count). The summed E-state index contributed by atoms with van der Waals surface area (Å²) in [6, 6.07) is 9.51. The average Bonchev–Trinajstić information content (AvgIpc) is 2.72. The number of hydrogen-bond donors (Lipinski definition) is 0. The van der Waals surface area contributed by atoms with Crippen molar-refractivity contribution in [1.29, 1.82) is 0 Å². The molecule has 1 aliphatic carbocycles. The zero-order valence-electron chi connectivity index (χ0n) is 15.3. The predicted octanol–water partition coefficient (Wildman–Crippen LogP) is 5.84. The summed E-state index contributed by atoms with van der Waals surface area (Å²) in [6.45, 7) is 2.84. The smallest absolute Gasteiger partial charge is 0.340 e. The Bertz CT molecular complexity index is 805. The van der Waals surface area contributed by atoms with Crippen molar-refractivity contribution in [2.45, 2.75) is 37.5 Å². The van der Waals surface area contributed by atoms with Crippen molar-refractivity contribution in [3.8, 4) is 5.75 Å². The monoisotopic (exact) mass is 382 g/mol. The fourth-order valence-electron chi connectivity index (χ4n) is 3.77. The molecule has 6 heteroatoms. The van der Waals surface area contributed by atoms with E-state index in [-0.39, 0.29) is 16.9 Å². The minimum absolute atomic E-state index is 0.131. The molecule has 1 atom stereocenters. The van der Waals surface area contributed by atoms with Gasteiger partial charge in [-0.05, 0) is 31.4 Å². The molecule has 0 fully saturated rings. The molecular formula is C21H22F4O2. The second-order valence-corrected chi connectivity index (χ2v) is 6.55. The van der Waals surface area contributed by atoms with E-state index in [1.54, 1.807) is 6.07 Å². The topological polar surface area (TPSA) is 18.5 Å². The van der Waals surface area contributed by atoms with Gasteiger partial charge in [-0.3, -0.25) is 0 Å². The van der Waals surface area contributed by atoms with Crippen LogP contribution < -0.4 is 4.74 Å². The van der Waals surface area contributed by atoms with Gasteiger partial charge in [0.1, 0.15) is 5.75 Å². The molecule has 0 saturated carbocycles. The Kier molecular flexibility index (Phi) is 5.47. The van der Waals surface area contributed by atoms with Gasteiger partial charge in [0.15, 0.2) is 0 Å². The second-order valence-electron chi connectivity index (χ2n) is 6.55. The van der Waals surface area contributed by atoms with E-state index in [4.69, 9.17) is 9.47 Å². The molecule has 0 heterocycles. The van der Waals surface area contributed by atoms with E-state index < -0.39 is 28.9 Å². The minimum Gasteiger partial charge on any atom is -0.496 e. The zero-order chi connectivity index (χ0) is 19.7. The van der Waals surface area contributed by atoms with E-state index in [0.717, 1.165) is 12.1 Å². The van der Waals surface area contributed by atoms with Crippen molar-refractivity contribution in [3.63, 3.8) is 0 Å². The number of benzene rings is 2. The summed E-state index contributed by atoms with van der Waals surface area (Å²) in [7, 11) is 1.36. The Morgan fingerprint density at radius 2 is 1.59 bits per heavy atom.